The summed E-state index contributed by atoms with van der Waals surface area (Å²) in [5.41, 5.74) is 0. The number of ether oxygens (including phenoxy) is 1. The fourth-order valence-corrected chi connectivity index (χ4v) is 1.79. The summed E-state index contributed by atoms with van der Waals surface area (Å²) >= 11 is 1.81. The Labute approximate surface area is 91.6 Å². The first kappa shape index (κ1) is 14.2. The predicted molar refractivity (Wildman–Crippen MR) is 63.0 cm³/mol. The third-order valence-corrected chi connectivity index (χ3v) is 2.81. The Morgan fingerprint density at radius 3 is 2.64 bits per heavy atom. The number of hydrogen-bond donors (Lipinski definition) is 2. The van der Waals surface area contributed by atoms with Crippen LogP contribution in [-0.2, 0) is 4.74 Å². The summed E-state index contributed by atoms with van der Waals surface area (Å²) in [7, 11) is 1.71. The topological polar surface area (TPSA) is 41.5 Å². The molecule has 0 saturated carbocycles. The first-order valence-corrected chi connectivity index (χ1v) is 6.48. The zero-order valence-corrected chi connectivity index (χ0v) is 10.3. The van der Waals surface area contributed by atoms with Crippen LogP contribution in [0.25, 0.3) is 0 Å². The van der Waals surface area contributed by atoms with E-state index in [1.165, 1.54) is 0 Å². The third kappa shape index (κ3) is 7.62. The number of thioether (sulfide) groups is 1. The minimum Gasteiger partial charge on any atom is -0.395 e. The minimum absolute atomic E-state index is 0.220. The molecule has 0 aliphatic rings. The highest BCUT2D eigenvalue weighted by Gasteiger charge is 2.10. The van der Waals surface area contributed by atoms with Crippen molar-refractivity contribution in [2.24, 2.45) is 0 Å². The smallest absolute Gasteiger partial charge is 0.0585 e. The van der Waals surface area contributed by atoms with Gasteiger partial charge in [0, 0.05) is 25.8 Å². The van der Waals surface area contributed by atoms with Crippen molar-refractivity contribution >= 4 is 11.8 Å². The molecule has 3 nitrogen and oxygen atoms in total. The Hall–Kier alpha value is 0.230. The van der Waals surface area contributed by atoms with Crippen LogP contribution in [0.1, 0.15) is 19.8 Å². The van der Waals surface area contributed by atoms with E-state index in [0.717, 1.165) is 25.2 Å². The second-order valence-corrected chi connectivity index (χ2v) is 4.50. The van der Waals surface area contributed by atoms with Crippen molar-refractivity contribution in [2.75, 3.05) is 32.3 Å². The van der Waals surface area contributed by atoms with E-state index in [9.17, 15) is 0 Å². The second kappa shape index (κ2) is 9.77. The number of nitrogens with one attached hydrogen (secondary N) is 1. The maximum atomic E-state index is 9.12. The Kier molecular flexibility index (Phi) is 9.93. The molecule has 0 aliphatic heterocycles. The Morgan fingerprint density at radius 1 is 1.43 bits per heavy atom. The van der Waals surface area contributed by atoms with Gasteiger partial charge in [0.15, 0.2) is 0 Å². The van der Waals surface area contributed by atoms with Gasteiger partial charge in [-0.2, -0.15) is 11.8 Å². The zero-order chi connectivity index (χ0) is 10.8. The summed E-state index contributed by atoms with van der Waals surface area (Å²) in [4.78, 5) is 0. The molecule has 0 bridgehead atoms. The summed E-state index contributed by atoms with van der Waals surface area (Å²) in [5.74, 6) is 1.09. The lowest BCUT2D eigenvalue weighted by Gasteiger charge is -2.21. The lowest BCUT2D eigenvalue weighted by molar-refractivity contribution is 0.174. The SMILES string of the molecule is COCCC(C)NC(CO)CCSC. The summed E-state index contributed by atoms with van der Waals surface area (Å²) < 4.78 is 5.00. The summed E-state index contributed by atoms with van der Waals surface area (Å²) in [5, 5.41) is 12.5. The molecule has 0 aromatic carbocycles. The maximum Gasteiger partial charge on any atom is 0.0585 e. The van der Waals surface area contributed by atoms with Crippen LogP contribution in [0.4, 0.5) is 0 Å². The van der Waals surface area contributed by atoms with Crippen molar-refractivity contribution in [1.82, 2.24) is 5.32 Å². The van der Waals surface area contributed by atoms with Gasteiger partial charge in [0.25, 0.3) is 0 Å². The molecule has 2 unspecified atom stereocenters. The van der Waals surface area contributed by atoms with Crippen LogP contribution < -0.4 is 5.32 Å². The fraction of sp³-hybridized carbons (Fsp3) is 1.00. The van der Waals surface area contributed by atoms with Gasteiger partial charge >= 0.3 is 0 Å². The first-order valence-electron chi connectivity index (χ1n) is 5.09. The molecule has 4 heteroatoms. The van der Waals surface area contributed by atoms with E-state index in [4.69, 9.17) is 9.84 Å². The van der Waals surface area contributed by atoms with Gasteiger partial charge in [-0.25, -0.2) is 0 Å². The quantitative estimate of drug-likeness (QED) is 0.612. The van der Waals surface area contributed by atoms with Gasteiger partial charge in [-0.3, -0.25) is 0 Å². The normalized spacial score (nSPS) is 15.4. The molecular weight excluding hydrogens is 198 g/mol. The lowest BCUT2D eigenvalue weighted by Crippen LogP contribution is -2.39. The van der Waals surface area contributed by atoms with Crippen molar-refractivity contribution in [2.45, 2.75) is 31.8 Å². The average molecular weight is 221 g/mol. The molecule has 2 N–H and O–H groups in total. The molecule has 0 heterocycles. The van der Waals surface area contributed by atoms with Gasteiger partial charge in [-0.15, -0.1) is 0 Å². The molecule has 0 spiro atoms. The molecule has 0 aliphatic carbocycles. The molecule has 0 aromatic heterocycles. The Bertz CT molecular complexity index is 125. The molecule has 0 aromatic rings. The van der Waals surface area contributed by atoms with E-state index >= 15 is 0 Å². The molecular formula is C10H23NO2S. The van der Waals surface area contributed by atoms with E-state index < -0.39 is 0 Å². The first-order chi connectivity index (χ1) is 6.74. The van der Waals surface area contributed by atoms with Crippen LogP contribution >= 0.6 is 11.8 Å². The van der Waals surface area contributed by atoms with Gasteiger partial charge in [-0.1, -0.05) is 0 Å². The van der Waals surface area contributed by atoms with Gasteiger partial charge in [-0.05, 0) is 31.8 Å². The highest BCUT2D eigenvalue weighted by molar-refractivity contribution is 7.98. The lowest BCUT2D eigenvalue weighted by atomic mass is 10.2. The highest BCUT2D eigenvalue weighted by Crippen LogP contribution is 2.02. The monoisotopic (exact) mass is 221 g/mol. The number of aliphatic hydroxyl groups excluding tert-OH is 1. The largest absolute Gasteiger partial charge is 0.395 e. The highest BCUT2D eigenvalue weighted by atomic mass is 32.2. The van der Waals surface area contributed by atoms with Gasteiger partial charge in [0.05, 0.1) is 6.61 Å². The van der Waals surface area contributed by atoms with Crippen LogP contribution in [0.15, 0.2) is 0 Å². The molecule has 0 amide bonds. The standard InChI is InChI=1S/C10H23NO2S/c1-9(4-6-13-2)11-10(8-12)5-7-14-3/h9-12H,4-8H2,1-3H3. The Morgan fingerprint density at radius 2 is 2.14 bits per heavy atom. The Balaban J connectivity index is 3.57. The maximum absolute atomic E-state index is 9.12. The van der Waals surface area contributed by atoms with Crippen molar-refractivity contribution in [3.05, 3.63) is 0 Å². The number of rotatable bonds is 9. The van der Waals surface area contributed by atoms with Crippen LogP contribution in [-0.4, -0.2) is 49.5 Å². The van der Waals surface area contributed by atoms with Crippen LogP contribution in [0.5, 0.6) is 0 Å². The number of aliphatic hydroxyl groups is 1. The predicted octanol–water partition coefficient (Wildman–Crippen LogP) is 1.11. The van der Waals surface area contributed by atoms with Gasteiger partial charge in [0.1, 0.15) is 0 Å². The van der Waals surface area contributed by atoms with E-state index in [-0.39, 0.29) is 12.6 Å². The van der Waals surface area contributed by atoms with E-state index in [0.29, 0.717) is 6.04 Å². The van der Waals surface area contributed by atoms with Crippen molar-refractivity contribution < 1.29 is 9.84 Å². The van der Waals surface area contributed by atoms with Crippen molar-refractivity contribution in [3.8, 4) is 0 Å². The number of hydrogen-bond acceptors (Lipinski definition) is 4. The number of methoxy groups -OCH3 is 1. The van der Waals surface area contributed by atoms with Crippen LogP contribution in [0, 0.1) is 0 Å². The van der Waals surface area contributed by atoms with E-state index in [1.54, 1.807) is 7.11 Å². The molecule has 14 heavy (non-hydrogen) atoms. The third-order valence-electron chi connectivity index (χ3n) is 2.17. The summed E-state index contributed by atoms with van der Waals surface area (Å²) in [6, 6.07) is 0.642. The molecule has 86 valence electrons. The molecule has 0 rings (SSSR count). The van der Waals surface area contributed by atoms with Crippen molar-refractivity contribution in [3.63, 3.8) is 0 Å². The minimum atomic E-state index is 0.220. The van der Waals surface area contributed by atoms with Gasteiger partial charge < -0.3 is 15.2 Å². The van der Waals surface area contributed by atoms with E-state index in [1.807, 2.05) is 11.8 Å². The zero-order valence-electron chi connectivity index (χ0n) is 9.45. The fourth-order valence-electron chi connectivity index (χ4n) is 1.27. The van der Waals surface area contributed by atoms with Crippen LogP contribution in [0.3, 0.4) is 0 Å². The summed E-state index contributed by atoms with van der Waals surface area (Å²) in [6.45, 7) is 3.12. The van der Waals surface area contributed by atoms with Gasteiger partial charge in [0.2, 0.25) is 0 Å². The van der Waals surface area contributed by atoms with Crippen molar-refractivity contribution in [1.29, 1.82) is 0 Å². The molecule has 2 atom stereocenters. The molecule has 0 fully saturated rings. The average Bonchev–Trinajstić information content (AvgIpc) is 2.21. The molecule has 0 radical (unpaired) electrons. The second-order valence-electron chi connectivity index (χ2n) is 3.51. The summed E-state index contributed by atoms with van der Waals surface area (Å²) in [6.07, 6.45) is 4.10. The van der Waals surface area contributed by atoms with Crippen LogP contribution in [0.2, 0.25) is 0 Å². The molecule has 0 saturated heterocycles. The van der Waals surface area contributed by atoms with E-state index in [2.05, 4.69) is 18.5 Å².